The lowest BCUT2D eigenvalue weighted by atomic mass is 9.93. The largest absolute Gasteiger partial charge is 0.454 e. The monoisotopic (exact) mass is 364 g/mol. The van der Waals surface area contributed by atoms with Crippen LogP contribution in [0.1, 0.15) is 46.5 Å². The molecule has 4 amide bonds. The summed E-state index contributed by atoms with van der Waals surface area (Å²) in [5, 5.41) is 14.4. The van der Waals surface area contributed by atoms with E-state index in [1.807, 2.05) is 0 Å². The molecule has 0 aromatic carbocycles. The molecule has 0 spiro atoms. The summed E-state index contributed by atoms with van der Waals surface area (Å²) >= 11 is 0. The molecule has 0 aromatic rings. The lowest BCUT2D eigenvalue weighted by Crippen LogP contribution is -2.48. The average Bonchev–Trinajstić information content (AvgIpc) is 3.44. The van der Waals surface area contributed by atoms with Crippen molar-refractivity contribution in [1.82, 2.24) is 15.5 Å². The van der Waals surface area contributed by atoms with E-state index >= 15 is 0 Å². The molecule has 1 aliphatic heterocycles. The number of urea groups is 1. The van der Waals surface area contributed by atoms with Gasteiger partial charge in [-0.1, -0.05) is 13.8 Å². The number of carbonyl (C=O) groups is 4. The molecule has 0 aromatic heterocycles. The summed E-state index contributed by atoms with van der Waals surface area (Å²) in [5.41, 5.74) is -1.97. The van der Waals surface area contributed by atoms with Crippen LogP contribution in [-0.2, 0) is 19.1 Å². The predicted molar refractivity (Wildman–Crippen MR) is 89.4 cm³/mol. The van der Waals surface area contributed by atoms with E-state index in [-0.39, 0.29) is 5.92 Å². The van der Waals surface area contributed by atoms with Crippen molar-refractivity contribution in [2.24, 2.45) is 5.92 Å². The summed E-state index contributed by atoms with van der Waals surface area (Å²) in [6.45, 7) is 4.06. The number of hydrogen-bond donors (Lipinski definition) is 2. The van der Waals surface area contributed by atoms with E-state index in [0.29, 0.717) is 12.8 Å². The van der Waals surface area contributed by atoms with Gasteiger partial charge in [-0.15, -0.1) is 0 Å². The van der Waals surface area contributed by atoms with Gasteiger partial charge in [0.2, 0.25) is 0 Å². The normalized spacial score (nSPS) is 20.8. The van der Waals surface area contributed by atoms with Crippen LogP contribution in [0.25, 0.3) is 0 Å². The van der Waals surface area contributed by atoms with Gasteiger partial charge in [-0.2, -0.15) is 5.26 Å². The van der Waals surface area contributed by atoms with Gasteiger partial charge in [0.1, 0.15) is 17.6 Å². The zero-order valence-corrected chi connectivity index (χ0v) is 15.3. The van der Waals surface area contributed by atoms with Crippen molar-refractivity contribution in [3.63, 3.8) is 0 Å². The Morgan fingerprint density at radius 3 is 2.46 bits per heavy atom. The van der Waals surface area contributed by atoms with Gasteiger partial charge in [0.05, 0.1) is 6.07 Å². The lowest BCUT2D eigenvalue weighted by molar-refractivity contribution is -0.151. The molecule has 9 heteroatoms. The fourth-order valence-electron chi connectivity index (χ4n) is 3.08. The second kappa shape index (κ2) is 7.32. The van der Waals surface area contributed by atoms with E-state index in [2.05, 4.69) is 16.7 Å². The van der Waals surface area contributed by atoms with Gasteiger partial charge in [-0.05, 0) is 38.5 Å². The summed E-state index contributed by atoms with van der Waals surface area (Å²) in [7, 11) is 0. The molecular weight excluding hydrogens is 340 g/mol. The zero-order chi connectivity index (χ0) is 19.5. The van der Waals surface area contributed by atoms with Gasteiger partial charge in [0.25, 0.3) is 11.8 Å². The van der Waals surface area contributed by atoms with Crippen LogP contribution in [0.3, 0.4) is 0 Å². The third kappa shape index (κ3) is 3.79. The maximum absolute atomic E-state index is 12.4. The Bertz CT molecular complexity index is 663. The fraction of sp³-hybridized carbons (Fsp3) is 0.706. The van der Waals surface area contributed by atoms with Crippen molar-refractivity contribution >= 4 is 23.8 Å². The van der Waals surface area contributed by atoms with Gasteiger partial charge in [0, 0.05) is 0 Å². The third-order valence-corrected chi connectivity index (χ3v) is 5.13. The topological polar surface area (TPSA) is 129 Å². The molecule has 2 rings (SSSR count). The van der Waals surface area contributed by atoms with Gasteiger partial charge in [-0.3, -0.25) is 19.3 Å². The van der Waals surface area contributed by atoms with Gasteiger partial charge < -0.3 is 15.4 Å². The van der Waals surface area contributed by atoms with Crippen molar-refractivity contribution < 1.29 is 23.9 Å². The van der Waals surface area contributed by atoms with Gasteiger partial charge in [0.15, 0.2) is 6.61 Å². The maximum Gasteiger partial charge on any atom is 0.326 e. The number of rotatable bonds is 8. The van der Waals surface area contributed by atoms with Crippen LogP contribution in [0.5, 0.6) is 0 Å². The van der Waals surface area contributed by atoms with Gasteiger partial charge in [-0.25, -0.2) is 4.79 Å². The second-order valence-electron chi connectivity index (χ2n) is 6.91. The van der Waals surface area contributed by atoms with E-state index in [9.17, 15) is 24.4 Å². The highest BCUT2D eigenvalue weighted by molar-refractivity contribution is 6.08. The number of imide groups is 1. The Labute approximate surface area is 152 Å². The van der Waals surface area contributed by atoms with Crippen molar-refractivity contribution in [3.05, 3.63) is 0 Å². The molecule has 9 nitrogen and oxygen atoms in total. The van der Waals surface area contributed by atoms with Crippen LogP contribution in [0.4, 0.5) is 4.79 Å². The Hall–Kier alpha value is -2.63. The molecule has 2 N–H and O–H groups in total. The third-order valence-electron chi connectivity index (χ3n) is 5.13. The predicted octanol–water partition coefficient (Wildman–Crippen LogP) is 0.449. The summed E-state index contributed by atoms with van der Waals surface area (Å²) in [6.07, 6.45) is 2.56. The standard InChI is InChI=1S/C17H24N4O5/c1-4-17(5-2)14(24)21(15(25)20-17)8-13(23)26-9-12(22)19-16(3,10-18)11-6-7-11/h11H,4-9H2,1-3H3,(H,19,22)(H,20,25)/t16-/m1/s1. The van der Waals surface area contributed by atoms with Crippen molar-refractivity contribution in [1.29, 1.82) is 5.26 Å². The van der Waals surface area contributed by atoms with Crippen molar-refractivity contribution in [2.75, 3.05) is 13.2 Å². The number of ether oxygens (including phenoxy) is 1. The summed E-state index contributed by atoms with van der Waals surface area (Å²) in [5.74, 6) is -1.83. The Morgan fingerprint density at radius 2 is 2.00 bits per heavy atom. The van der Waals surface area contributed by atoms with Crippen molar-refractivity contribution in [3.8, 4) is 6.07 Å². The highest BCUT2D eigenvalue weighted by Gasteiger charge is 2.49. The number of hydrogen-bond acceptors (Lipinski definition) is 6. The molecule has 0 unspecified atom stereocenters. The van der Waals surface area contributed by atoms with E-state index in [0.717, 1.165) is 17.7 Å². The molecule has 1 aliphatic carbocycles. The summed E-state index contributed by atoms with van der Waals surface area (Å²) in [6, 6.07) is 1.43. The molecule has 0 bridgehead atoms. The lowest BCUT2D eigenvalue weighted by Gasteiger charge is -2.23. The summed E-state index contributed by atoms with van der Waals surface area (Å²) < 4.78 is 4.85. The van der Waals surface area contributed by atoms with Gasteiger partial charge >= 0.3 is 12.0 Å². The number of amides is 4. The molecule has 1 heterocycles. The minimum atomic E-state index is -0.992. The van der Waals surface area contributed by atoms with Crippen LogP contribution in [0, 0.1) is 17.2 Å². The van der Waals surface area contributed by atoms with E-state index in [4.69, 9.17) is 4.74 Å². The van der Waals surface area contributed by atoms with Crippen LogP contribution in [0.15, 0.2) is 0 Å². The minimum Gasteiger partial charge on any atom is -0.454 e. The molecule has 26 heavy (non-hydrogen) atoms. The number of nitrogens with one attached hydrogen (secondary N) is 2. The first-order chi connectivity index (χ1) is 12.2. The first-order valence-electron chi connectivity index (χ1n) is 8.73. The van der Waals surface area contributed by atoms with E-state index < -0.39 is 48.0 Å². The molecule has 1 atom stereocenters. The Balaban J connectivity index is 1.85. The van der Waals surface area contributed by atoms with Crippen LogP contribution >= 0.6 is 0 Å². The van der Waals surface area contributed by atoms with Crippen molar-refractivity contribution in [2.45, 2.75) is 57.5 Å². The fourth-order valence-corrected chi connectivity index (χ4v) is 3.08. The number of carbonyl (C=O) groups excluding carboxylic acids is 4. The smallest absolute Gasteiger partial charge is 0.326 e. The highest BCUT2D eigenvalue weighted by atomic mass is 16.5. The first-order valence-corrected chi connectivity index (χ1v) is 8.73. The second-order valence-corrected chi connectivity index (χ2v) is 6.91. The zero-order valence-electron chi connectivity index (χ0n) is 15.3. The van der Waals surface area contributed by atoms with Crippen LogP contribution < -0.4 is 10.6 Å². The van der Waals surface area contributed by atoms with E-state index in [1.165, 1.54) is 0 Å². The molecular formula is C17H24N4O5. The number of nitriles is 1. The van der Waals surface area contributed by atoms with E-state index in [1.54, 1.807) is 20.8 Å². The summed E-state index contributed by atoms with van der Waals surface area (Å²) in [4.78, 5) is 49.0. The van der Waals surface area contributed by atoms with Crippen LogP contribution in [0.2, 0.25) is 0 Å². The minimum absolute atomic E-state index is 0.106. The molecule has 2 fully saturated rings. The first kappa shape index (κ1) is 19.7. The molecule has 0 radical (unpaired) electrons. The number of esters is 1. The van der Waals surface area contributed by atoms with Crippen LogP contribution in [-0.4, -0.2) is 52.9 Å². The Morgan fingerprint density at radius 1 is 1.38 bits per heavy atom. The highest BCUT2D eigenvalue weighted by Crippen LogP contribution is 2.39. The molecule has 2 aliphatic rings. The quantitative estimate of drug-likeness (QED) is 0.475. The molecule has 142 valence electrons. The molecule has 1 saturated carbocycles. The molecule has 1 saturated heterocycles. The Kier molecular flexibility index (Phi) is 5.54. The SMILES string of the molecule is CCC1(CC)NC(=O)N(CC(=O)OCC(=O)N[C@](C)(C#N)C2CC2)C1=O. The number of nitrogens with zero attached hydrogens (tertiary/aromatic N) is 2. The maximum atomic E-state index is 12.4. The average molecular weight is 364 g/mol.